The van der Waals surface area contributed by atoms with E-state index in [-0.39, 0.29) is 21.6 Å². The maximum Gasteiger partial charge on any atom is 0.347 e. The molecule has 0 fully saturated rings. The number of benzene rings is 1. The minimum Gasteiger partial charge on any atom is -0.504 e. The van der Waals surface area contributed by atoms with Crippen molar-refractivity contribution in [3.8, 4) is 16.7 Å². The van der Waals surface area contributed by atoms with Crippen LogP contribution in [-0.4, -0.2) is 21.2 Å². The zero-order valence-corrected chi connectivity index (χ0v) is 8.77. The Hall–Kier alpha value is -2.08. The lowest BCUT2D eigenvalue weighted by Gasteiger charge is -2.02. The van der Waals surface area contributed by atoms with Crippen LogP contribution in [0.5, 0.6) is 16.7 Å². The number of carbonyl (C=O) groups is 1. The summed E-state index contributed by atoms with van der Waals surface area (Å²) >= 11 is 0.901. The number of phenols is 1. The molecule has 1 aromatic carbocycles. The summed E-state index contributed by atoms with van der Waals surface area (Å²) < 4.78 is 5.23. The normalized spacial score (nSPS) is 10.0. The first kappa shape index (κ1) is 10.4. The molecule has 2 N–H and O–H groups in total. The Morgan fingerprint density at radius 1 is 1.38 bits per heavy atom. The third-order valence-corrected chi connectivity index (χ3v) is 2.62. The van der Waals surface area contributed by atoms with Gasteiger partial charge < -0.3 is 14.9 Å². The summed E-state index contributed by atoms with van der Waals surface area (Å²) in [5.41, 5.74) is 0. The highest BCUT2D eigenvalue weighted by atomic mass is 32.1. The van der Waals surface area contributed by atoms with Crippen LogP contribution in [0, 0.1) is 0 Å². The van der Waals surface area contributed by atoms with Crippen LogP contribution in [0.2, 0.25) is 0 Å². The van der Waals surface area contributed by atoms with Crippen molar-refractivity contribution < 1.29 is 19.7 Å². The maximum atomic E-state index is 10.6. The predicted octanol–water partition coefficient (Wildman–Crippen LogP) is 2.34. The molecule has 0 aliphatic rings. The fourth-order valence-corrected chi connectivity index (χ4v) is 1.66. The number of carboxylic acids is 1. The van der Waals surface area contributed by atoms with Gasteiger partial charge in [0, 0.05) is 0 Å². The summed E-state index contributed by atoms with van der Waals surface area (Å²) in [7, 11) is 0. The van der Waals surface area contributed by atoms with E-state index in [9.17, 15) is 9.90 Å². The molecule has 0 amide bonds. The van der Waals surface area contributed by atoms with Crippen LogP contribution in [-0.2, 0) is 0 Å². The van der Waals surface area contributed by atoms with Crippen LogP contribution >= 0.6 is 11.3 Å². The summed E-state index contributed by atoms with van der Waals surface area (Å²) in [6.45, 7) is 0. The number of aromatic nitrogens is 1. The lowest BCUT2D eigenvalue weighted by molar-refractivity contribution is 0.0702. The highest BCUT2D eigenvalue weighted by Crippen LogP contribution is 2.32. The van der Waals surface area contributed by atoms with E-state index in [4.69, 9.17) is 9.84 Å². The lowest BCUT2D eigenvalue weighted by atomic mass is 10.3. The molecule has 0 saturated heterocycles. The summed E-state index contributed by atoms with van der Waals surface area (Å²) in [6, 6.07) is 6.39. The van der Waals surface area contributed by atoms with E-state index >= 15 is 0 Å². The molecule has 6 heteroatoms. The first-order chi connectivity index (χ1) is 7.66. The largest absolute Gasteiger partial charge is 0.504 e. The molecule has 1 heterocycles. The Kier molecular flexibility index (Phi) is 2.74. The number of phenolic OH excluding ortho intramolecular Hbond substituents is 1. The smallest absolute Gasteiger partial charge is 0.347 e. The average molecular weight is 237 g/mol. The SMILES string of the molecule is O=C(O)c1cnc(Oc2ccccc2O)s1. The molecule has 2 aromatic rings. The van der Waals surface area contributed by atoms with Crippen molar-refractivity contribution in [2.24, 2.45) is 0 Å². The molecule has 0 saturated carbocycles. The number of nitrogens with zero attached hydrogens (tertiary/aromatic N) is 1. The highest BCUT2D eigenvalue weighted by Gasteiger charge is 2.11. The van der Waals surface area contributed by atoms with Crippen LogP contribution in [0.15, 0.2) is 30.5 Å². The summed E-state index contributed by atoms with van der Waals surface area (Å²) in [6.07, 6.45) is 1.21. The van der Waals surface area contributed by atoms with Crippen LogP contribution in [0.1, 0.15) is 9.67 Å². The third kappa shape index (κ3) is 2.12. The molecule has 0 aliphatic carbocycles. The van der Waals surface area contributed by atoms with Gasteiger partial charge in [-0.2, -0.15) is 0 Å². The number of carboxylic acid groups (broad SMARTS) is 1. The zero-order valence-electron chi connectivity index (χ0n) is 7.95. The summed E-state index contributed by atoms with van der Waals surface area (Å²) in [5.74, 6) is -0.826. The minimum atomic E-state index is -1.05. The Balaban J connectivity index is 2.21. The number of para-hydroxylation sites is 2. The second-order valence-corrected chi connectivity index (χ2v) is 3.86. The monoisotopic (exact) mass is 237 g/mol. The Bertz CT molecular complexity index is 523. The van der Waals surface area contributed by atoms with Gasteiger partial charge in [-0.05, 0) is 12.1 Å². The molecule has 16 heavy (non-hydrogen) atoms. The van der Waals surface area contributed by atoms with Gasteiger partial charge in [0.25, 0.3) is 5.19 Å². The van der Waals surface area contributed by atoms with Gasteiger partial charge >= 0.3 is 5.97 Å². The molecule has 1 aromatic heterocycles. The Morgan fingerprint density at radius 2 is 2.12 bits per heavy atom. The lowest BCUT2D eigenvalue weighted by Crippen LogP contribution is -1.89. The van der Waals surface area contributed by atoms with Crippen LogP contribution < -0.4 is 4.74 Å². The van der Waals surface area contributed by atoms with Crippen LogP contribution in [0.25, 0.3) is 0 Å². The quantitative estimate of drug-likeness (QED) is 0.856. The van der Waals surface area contributed by atoms with Gasteiger partial charge in [-0.1, -0.05) is 23.5 Å². The van der Waals surface area contributed by atoms with Crippen LogP contribution in [0.3, 0.4) is 0 Å². The molecule has 5 nitrogen and oxygen atoms in total. The topological polar surface area (TPSA) is 79.7 Å². The molecule has 0 aliphatic heterocycles. The average Bonchev–Trinajstić information content (AvgIpc) is 2.70. The number of aromatic hydroxyl groups is 1. The Labute approximate surface area is 94.6 Å². The molecule has 0 unspecified atom stereocenters. The van der Waals surface area contributed by atoms with Gasteiger partial charge in [0.2, 0.25) is 0 Å². The van der Waals surface area contributed by atoms with Gasteiger partial charge in [-0.15, -0.1) is 0 Å². The number of hydrogen-bond donors (Lipinski definition) is 2. The van der Waals surface area contributed by atoms with Gasteiger partial charge in [0.05, 0.1) is 6.20 Å². The van der Waals surface area contributed by atoms with Crippen molar-refractivity contribution in [2.75, 3.05) is 0 Å². The number of ether oxygens (including phenoxy) is 1. The van der Waals surface area contributed by atoms with E-state index in [0.717, 1.165) is 11.3 Å². The van der Waals surface area contributed by atoms with Crippen molar-refractivity contribution in [1.82, 2.24) is 4.98 Å². The van der Waals surface area contributed by atoms with Crippen molar-refractivity contribution in [3.63, 3.8) is 0 Å². The fourth-order valence-electron chi connectivity index (χ4n) is 1.04. The van der Waals surface area contributed by atoms with E-state index in [1.165, 1.54) is 12.3 Å². The van der Waals surface area contributed by atoms with E-state index in [1.807, 2.05) is 0 Å². The van der Waals surface area contributed by atoms with E-state index in [2.05, 4.69) is 4.98 Å². The molecule has 0 spiro atoms. The van der Waals surface area contributed by atoms with Gasteiger partial charge in [-0.25, -0.2) is 9.78 Å². The maximum absolute atomic E-state index is 10.6. The van der Waals surface area contributed by atoms with Gasteiger partial charge in [0.15, 0.2) is 11.5 Å². The third-order valence-electron chi connectivity index (χ3n) is 1.76. The molecule has 2 rings (SSSR count). The van der Waals surface area contributed by atoms with E-state index in [0.29, 0.717) is 0 Å². The highest BCUT2D eigenvalue weighted by molar-refractivity contribution is 7.15. The second-order valence-electron chi connectivity index (χ2n) is 2.87. The summed E-state index contributed by atoms with van der Waals surface area (Å²) in [5, 5.41) is 18.3. The molecule has 0 radical (unpaired) electrons. The molecule has 0 bridgehead atoms. The first-order valence-electron chi connectivity index (χ1n) is 4.32. The van der Waals surface area contributed by atoms with Crippen molar-refractivity contribution in [1.29, 1.82) is 0 Å². The zero-order chi connectivity index (χ0) is 11.5. The molecule has 0 atom stereocenters. The van der Waals surface area contributed by atoms with Crippen molar-refractivity contribution in [3.05, 3.63) is 35.3 Å². The van der Waals surface area contributed by atoms with E-state index < -0.39 is 5.97 Å². The van der Waals surface area contributed by atoms with Gasteiger partial charge in [-0.3, -0.25) is 0 Å². The fraction of sp³-hybridized carbons (Fsp3) is 0. The molecular weight excluding hydrogens is 230 g/mol. The molecular formula is C10H7NO4S. The van der Waals surface area contributed by atoms with Crippen molar-refractivity contribution in [2.45, 2.75) is 0 Å². The number of thiazole rings is 1. The first-order valence-corrected chi connectivity index (χ1v) is 5.13. The van der Waals surface area contributed by atoms with Crippen LogP contribution in [0.4, 0.5) is 0 Å². The standard InChI is InChI=1S/C10H7NO4S/c12-6-3-1-2-4-7(6)15-10-11-5-8(16-10)9(13)14/h1-5,12H,(H,13,14). The van der Waals surface area contributed by atoms with Crippen molar-refractivity contribution >= 4 is 17.3 Å². The Morgan fingerprint density at radius 3 is 2.75 bits per heavy atom. The van der Waals surface area contributed by atoms with Gasteiger partial charge in [0.1, 0.15) is 4.88 Å². The number of rotatable bonds is 3. The minimum absolute atomic E-state index is 0.0189. The predicted molar refractivity (Wildman–Crippen MR) is 57.3 cm³/mol. The second kappa shape index (κ2) is 4.19. The van der Waals surface area contributed by atoms with E-state index in [1.54, 1.807) is 18.2 Å². The number of aromatic carboxylic acids is 1. The number of hydrogen-bond acceptors (Lipinski definition) is 5. The molecule has 82 valence electrons. The summed E-state index contributed by atoms with van der Waals surface area (Å²) in [4.78, 5) is 14.5.